The van der Waals surface area contributed by atoms with Crippen molar-refractivity contribution in [2.24, 2.45) is 0 Å². The second kappa shape index (κ2) is 14.7. The smallest absolute Gasteiger partial charge is 0.333 e. The molecule has 0 saturated heterocycles. The highest BCUT2D eigenvalue weighted by Crippen LogP contribution is 1.89. The lowest BCUT2D eigenvalue weighted by Gasteiger charge is -1.96. The van der Waals surface area contributed by atoms with E-state index in [-0.39, 0.29) is 11.9 Å². The third-order valence-corrected chi connectivity index (χ3v) is 1.33. The third-order valence-electron chi connectivity index (χ3n) is 1.33. The van der Waals surface area contributed by atoms with E-state index in [9.17, 15) is 14.4 Å². The van der Waals surface area contributed by atoms with Gasteiger partial charge in [-0.2, -0.15) is 0 Å². The molecule has 0 fully saturated rings. The summed E-state index contributed by atoms with van der Waals surface area (Å²) in [5, 5.41) is 7.60. The van der Waals surface area contributed by atoms with Crippen molar-refractivity contribution in [1.82, 2.24) is 0 Å². The highest BCUT2D eigenvalue weighted by Gasteiger charge is 1.98. The number of carbonyl (C=O) groups excluding carboxylic acids is 2. The Labute approximate surface area is 119 Å². The van der Waals surface area contributed by atoms with Crippen molar-refractivity contribution in [2.75, 3.05) is 13.7 Å². The van der Waals surface area contributed by atoms with E-state index in [0.29, 0.717) is 17.8 Å². The lowest BCUT2D eigenvalue weighted by atomic mass is 10.4. The molecule has 0 aliphatic rings. The van der Waals surface area contributed by atoms with Gasteiger partial charge in [-0.3, -0.25) is 0 Å². The number of hydrogen-bond donors (Lipinski definition) is 1. The number of carbonyl (C=O) groups is 3. The Morgan fingerprint density at radius 3 is 1.50 bits per heavy atom. The molecule has 0 heterocycles. The number of aliphatic carboxylic acids is 1. The molecule has 0 aliphatic heterocycles. The Morgan fingerprint density at radius 2 is 1.45 bits per heavy atom. The first-order valence-electron chi connectivity index (χ1n) is 5.55. The summed E-state index contributed by atoms with van der Waals surface area (Å²) in [6.45, 7) is 15.1. The maximum absolute atomic E-state index is 10.4. The van der Waals surface area contributed by atoms with Crippen LogP contribution in [0.25, 0.3) is 0 Å². The van der Waals surface area contributed by atoms with Gasteiger partial charge < -0.3 is 14.6 Å². The average Bonchev–Trinajstić information content (AvgIpc) is 2.39. The van der Waals surface area contributed by atoms with Crippen LogP contribution in [0.1, 0.15) is 20.8 Å². The van der Waals surface area contributed by atoms with Crippen LogP contribution in [0.2, 0.25) is 0 Å². The number of esters is 2. The Kier molecular flexibility index (Phi) is 16.7. The van der Waals surface area contributed by atoms with E-state index >= 15 is 0 Å². The van der Waals surface area contributed by atoms with Gasteiger partial charge in [0.2, 0.25) is 0 Å². The summed E-state index contributed by atoms with van der Waals surface area (Å²) >= 11 is 0. The zero-order valence-corrected chi connectivity index (χ0v) is 12.4. The molecule has 114 valence electrons. The van der Waals surface area contributed by atoms with Crippen molar-refractivity contribution in [3.8, 4) is 0 Å². The Balaban J connectivity index is -0.000000223. The van der Waals surface area contributed by atoms with E-state index in [0.717, 1.165) is 6.08 Å². The van der Waals surface area contributed by atoms with Crippen LogP contribution in [0.5, 0.6) is 0 Å². The van der Waals surface area contributed by atoms with Crippen LogP contribution in [-0.2, 0) is 23.9 Å². The van der Waals surface area contributed by atoms with Gasteiger partial charge in [-0.15, -0.1) is 0 Å². The van der Waals surface area contributed by atoms with Crippen molar-refractivity contribution in [1.29, 1.82) is 0 Å². The van der Waals surface area contributed by atoms with E-state index in [4.69, 9.17) is 5.11 Å². The lowest BCUT2D eigenvalue weighted by molar-refractivity contribution is -0.138. The molecule has 0 unspecified atom stereocenters. The minimum absolute atomic E-state index is 0.312. The Hall–Kier alpha value is -2.37. The number of carboxylic acid groups (broad SMARTS) is 1. The molecule has 0 aromatic rings. The van der Waals surface area contributed by atoms with E-state index in [1.165, 1.54) is 7.11 Å². The first kappa shape index (κ1) is 22.8. The van der Waals surface area contributed by atoms with Gasteiger partial charge in [0.15, 0.2) is 0 Å². The molecule has 0 aromatic heterocycles. The van der Waals surface area contributed by atoms with Gasteiger partial charge in [0.25, 0.3) is 0 Å². The molecule has 0 aliphatic carbocycles. The molecule has 0 aromatic carbocycles. The first-order valence-corrected chi connectivity index (χ1v) is 5.55. The maximum atomic E-state index is 10.4. The summed E-state index contributed by atoms with van der Waals surface area (Å²) in [7, 11) is 1.33. The van der Waals surface area contributed by atoms with Gasteiger partial charge in [0.1, 0.15) is 0 Å². The van der Waals surface area contributed by atoms with Gasteiger partial charge >= 0.3 is 17.9 Å². The summed E-state index contributed by atoms with van der Waals surface area (Å²) in [6, 6.07) is 0. The largest absolute Gasteiger partial charge is 0.478 e. The van der Waals surface area contributed by atoms with Crippen LogP contribution in [-0.4, -0.2) is 36.7 Å². The topological polar surface area (TPSA) is 89.9 Å². The fraction of sp³-hybridized carbons (Fsp3) is 0.357. The predicted molar refractivity (Wildman–Crippen MR) is 76.1 cm³/mol. The molecule has 0 radical (unpaired) electrons. The van der Waals surface area contributed by atoms with Gasteiger partial charge in [-0.25, -0.2) is 14.4 Å². The molecular formula is C14H22O6. The minimum atomic E-state index is -0.981. The maximum Gasteiger partial charge on any atom is 0.333 e. The fourth-order valence-electron chi connectivity index (χ4n) is 0.429. The Morgan fingerprint density at radius 1 is 1.10 bits per heavy atom. The second-order valence-electron chi connectivity index (χ2n) is 3.32. The lowest BCUT2D eigenvalue weighted by Crippen LogP contribution is -2.03. The van der Waals surface area contributed by atoms with E-state index in [1.54, 1.807) is 20.8 Å². The summed E-state index contributed by atoms with van der Waals surface area (Å²) < 4.78 is 8.84. The van der Waals surface area contributed by atoms with Crippen LogP contribution in [0.4, 0.5) is 0 Å². The molecule has 0 rings (SSSR count). The summed E-state index contributed by atoms with van der Waals surface area (Å²) in [6.07, 6.45) is 0.833. The van der Waals surface area contributed by atoms with Gasteiger partial charge in [0.05, 0.1) is 13.7 Å². The normalized spacial score (nSPS) is 7.60. The standard InChI is InChI=1S/C6H10O2.C5H8O2.C3H4O2/c1-4-8-6(7)5(2)3;1-4(2)5(6)7-3;1-2-3(4)5/h2,4H2,1,3H3;1H2,2-3H3;2H,1H2,(H,4,5). The molecule has 0 atom stereocenters. The van der Waals surface area contributed by atoms with Gasteiger partial charge in [-0.1, -0.05) is 19.7 Å². The van der Waals surface area contributed by atoms with Crippen LogP contribution in [0.15, 0.2) is 37.0 Å². The van der Waals surface area contributed by atoms with E-state index in [2.05, 4.69) is 29.2 Å². The van der Waals surface area contributed by atoms with Crippen molar-refractivity contribution in [2.45, 2.75) is 20.8 Å². The highest BCUT2D eigenvalue weighted by molar-refractivity contribution is 5.87. The molecule has 0 bridgehead atoms. The molecule has 0 spiro atoms. The zero-order valence-electron chi connectivity index (χ0n) is 12.4. The van der Waals surface area contributed by atoms with Crippen LogP contribution >= 0.6 is 0 Å². The molecule has 20 heavy (non-hydrogen) atoms. The SMILES string of the molecule is C=C(C)C(=O)OC.C=C(C)C(=O)OCC.C=CC(=O)O. The van der Waals surface area contributed by atoms with Crippen LogP contribution < -0.4 is 0 Å². The number of carboxylic acids is 1. The van der Waals surface area contributed by atoms with Gasteiger partial charge in [-0.05, 0) is 20.8 Å². The van der Waals surface area contributed by atoms with Crippen molar-refractivity contribution in [3.63, 3.8) is 0 Å². The van der Waals surface area contributed by atoms with Crippen molar-refractivity contribution >= 4 is 17.9 Å². The van der Waals surface area contributed by atoms with E-state index < -0.39 is 5.97 Å². The average molecular weight is 286 g/mol. The van der Waals surface area contributed by atoms with Crippen LogP contribution in [0, 0.1) is 0 Å². The Bertz CT molecular complexity index is 368. The number of methoxy groups -OCH3 is 1. The van der Waals surface area contributed by atoms with Crippen molar-refractivity contribution < 1.29 is 29.0 Å². The third kappa shape index (κ3) is 21.0. The molecule has 0 amide bonds. The number of rotatable bonds is 4. The molecule has 1 N–H and O–H groups in total. The summed E-state index contributed by atoms with van der Waals surface area (Å²) in [5.74, 6) is -1.64. The summed E-state index contributed by atoms with van der Waals surface area (Å²) in [5.41, 5.74) is 0.884. The predicted octanol–water partition coefficient (Wildman–Crippen LogP) is 2.12. The molecule has 0 saturated carbocycles. The quantitative estimate of drug-likeness (QED) is 0.629. The number of ether oxygens (including phenoxy) is 2. The molecule has 6 nitrogen and oxygen atoms in total. The first-order chi connectivity index (χ1) is 9.13. The summed E-state index contributed by atoms with van der Waals surface area (Å²) in [4.78, 5) is 29.9. The highest BCUT2D eigenvalue weighted by atomic mass is 16.5. The van der Waals surface area contributed by atoms with Crippen LogP contribution in [0.3, 0.4) is 0 Å². The monoisotopic (exact) mass is 286 g/mol. The van der Waals surface area contributed by atoms with Crippen molar-refractivity contribution in [3.05, 3.63) is 37.0 Å². The van der Waals surface area contributed by atoms with Gasteiger partial charge in [0, 0.05) is 17.2 Å². The minimum Gasteiger partial charge on any atom is -0.478 e. The zero-order chi connectivity index (χ0) is 16.7. The number of hydrogen-bond acceptors (Lipinski definition) is 5. The fourth-order valence-corrected chi connectivity index (χ4v) is 0.429. The second-order valence-corrected chi connectivity index (χ2v) is 3.32. The van der Waals surface area contributed by atoms with E-state index in [1.807, 2.05) is 0 Å². The molecule has 6 heteroatoms. The molecular weight excluding hydrogens is 264 g/mol.